The zero-order valence-corrected chi connectivity index (χ0v) is 17.5. The summed E-state index contributed by atoms with van der Waals surface area (Å²) < 4.78 is 5.17. The van der Waals surface area contributed by atoms with Gasteiger partial charge in [-0.05, 0) is 62.5 Å². The third-order valence-corrected chi connectivity index (χ3v) is 5.30. The molecule has 8 heteroatoms. The molecule has 0 aliphatic carbocycles. The van der Waals surface area contributed by atoms with Crippen LogP contribution in [0.25, 0.3) is 0 Å². The van der Waals surface area contributed by atoms with Crippen LogP contribution in [0.2, 0.25) is 5.02 Å². The quantitative estimate of drug-likeness (QED) is 0.674. The largest absolute Gasteiger partial charge is 0.469 e. The van der Waals surface area contributed by atoms with Crippen molar-refractivity contribution in [2.24, 2.45) is 5.41 Å². The van der Waals surface area contributed by atoms with Crippen LogP contribution in [0.1, 0.15) is 46.2 Å². The first-order valence-electron chi connectivity index (χ1n) is 9.02. The molecule has 0 saturated carbocycles. The van der Waals surface area contributed by atoms with Gasteiger partial charge in [0.25, 0.3) is 11.8 Å². The summed E-state index contributed by atoms with van der Waals surface area (Å²) in [5.41, 5.74) is 1.25. The zero-order valence-electron chi connectivity index (χ0n) is 15.9. The molecule has 2 aromatic rings. The highest BCUT2D eigenvalue weighted by Gasteiger charge is 2.27. The van der Waals surface area contributed by atoms with Crippen molar-refractivity contribution in [1.82, 2.24) is 10.6 Å². The maximum atomic E-state index is 12.8. The van der Waals surface area contributed by atoms with E-state index in [2.05, 4.69) is 22.9 Å². The molecule has 0 atom stereocenters. The Balaban J connectivity index is 0.00000280. The van der Waals surface area contributed by atoms with E-state index in [9.17, 15) is 9.59 Å². The number of rotatable bonds is 5. The van der Waals surface area contributed by atoms with E-state index < -0.39 is 0 Å². The van der Waals surface area contributed by atoms with Crippen LogP contribution in [-0.4, -0.2) is 31.4 Å². The summed E-state index contributed by atoms with van der Waals surface area (Å²) in [7, 11) is 0. The summed E-state index contributed by atoms with van der Waals surface area (Å²) >= 11 is 6.07. The normalized spacial score (nSPS) is 15.4. The number of nitrogens with one attached hydrogen (secondary N) is 3. The minimum Gasteiger partial charge on any atom is -0.469 e. The number of piperidine rings is 1. The van der Waals surface area contributed by atoms with E-state index in [4.69, 9.17) is 16.0 Å². The lowest BCUT2D eigenvalue weighted by atomic mass is 9.81. The Kier molecular flexibility index (Phi) is 7.52. The zero-order chi connectivity index (χ0) is 19.4. The number of benzene rings is 1. The van der Waals surface area contributed by atoms with Crippen molar-refractivity contribution in [1.29, 1.82) is 0 Å². The highest BCUT2D eigenvalue weighted by atomic mass is 35.5. The van der Waals surface area contributed by atoms with Crippen LogP contribution in [0, 0.1) is 12.3 Å². The summed E-state index contributed by atoms with van der Waals surface area (Å²) in [5.74, 6) is -0.0621. The fraction of sp³-hybridized carbons (Fsp3) is 0.400. The van der Waals surface area contributed by atoms with Crippen LogP contribution < -0.4 is 16.0 Å². The van der Waals surface area contributed by atoms with Crippen molar-refractivity contribution in [3.63, 3.8) is 0 Å². The summed E-state index contributed by atoms with van der Waals surface area (Å²) in [6.45, 7) is 6.39. The maximum absolute atomic E-state index is 12.8. The first-order valence-corrected chi connectivity index (χ1v) is 9.40. The maximum Gasteiger partial charge on any atom is 0.259 e. The molecule has 28 heavy (non-hydrogen) atoms. The smallest absolute Gasteiger partial charge is 0.259 e. The Labute approximate surface area is 175 Å². The molecule has 1 aromatic heterocycles. The van der Waals surface area contributed by atoms with E-state index in [-0.39, 0.29) is 29.6 Å². The number of aryl methyl sites for hydroxylation is 1. The third kappa shape index (κ3) is 5.28. The number of hydrogen-bond donors (Lipinski definition) is 3. The van der Waals surface area contributed by atoms with Gasteiger partial charge in [0.1, 0.15) is 5.76 Å². The molecular weight excluding hydrogens is 401 g/mol. The molecule has 0 bridgehead atoms. The van der Waals surface area contributed by atoms with Crippen molar-refractivity contribution in [2.75, 3.05) is 25.0 Å². The molecule has 1 saturated heterocycles. The lowest BCUT2D eigenvalue weighted by molar-refractivity contribution is 0.0923. The van der Waals surface area contributed by atoms with Gasteiger partial charge in [-0.1, -0.05) is 18.5 Å². The minimum absolute atomic E-state index is 0. The number of furan rings is 1. The molecule has 2 amide bonds. The number of hydrogen-bond acceptors (Lipinski definition) is 4. The number of anilines is 1. The molecule has 2 heterocycles. The summed E-state index contributed by atoms with van der Waals surface area (Å²) in [5, 5.41) is 9.55. The average Bonchev–Trinajstić information content (AvgIpc) is 3.07. The SMILES string of the molecule is Cc1occc1C(=O)Nc1cc(Cl)ccc1C(=O)NCC1(C)CCNCC1.Cl. The Bertz CT molecular complexity index is 845. The predicted octanol–water partition coefficient (Wildman–Crippen LogP) is 4.04. The van der Waals surface area contributed by atoms with Crippen molar-refractivity contribution < 1.29 is 14.0 Å². The van der Waals surface area contributed by atoms with Crippen LogP contribution in [0.15, 0.2) is 34.9 Å². The molecule has 1 fully saturated rings. The van der Waals surface area contributed by atoms with Crippen molar-refractivity contribution in [3.05, 3.63) is 52.4 Å². The fourth-order valence-corrected chi connectivity index (χ4v) is 3.40. The van der Waals surface area contributed by atoms with Crippen LogP contribution in [0.4, 0.5) is 5.69 Å². The van der Waals surface area contributed by atoms with E-state index in [0.29, 0.717) is 34.1 Å². The van der Waals surface area contributed by atoms with Gasteiger partial charge < -0.3 is 20.4 Å². The van der Waals surface area contributed by atoms with Crippen LogP contribution in [0.3, 0.4) is 0 Å². The van der Waals surface area contributed by atoms with E-state index in [1.807, 2.05) is 0 Å². The summed E-state index contributed by atoms with van der Waals surface area (Å²) in [6, 6.07) is 6.44. The van der Waals surface area contributed by atoms with Crippen molar-refractivity contribution in [2.45, 2.75) is 26.7 Å². The van der Waals surface area contributed by atoms with Gasteiger partial charge in [-0.2, -0.15) is 0 Å². The fourth-order valence-electron chi connectivity index (χ4n) is 3.22. The highest BCUT2D eigenvalue weighted by Crippen LogP contribution is 2.27. The number of carbonyl (C=O) groups excluding carboxylic acids is 2. The second kappa shape index (κ2) is 9.45. The molecule has 1 aliphatic heterocycles. The molecule has 0 unspecified atom stereocenters. The van der Waals surface area contributed by atoms with Gasteiger partial charge in [0.2, 0.25) is 0 Å². The van der Waals surface area contributed by atoms with Gasteiger partial charge in [-0.3, -0.25) is 9.59 Å². The molecule has 152 valence electrons. The molecular formula is C20H25Cl2N3O3. The molecule has 0 spiro atoms. The van der Waals surface area contributed by atoms with E-state index in [1.165, 1.54) is 6.26 Å². The average molecular weight is 426 g/mol. The van der Waals surface area contributed by atoms with E-state index in [1.54, 1.807) is 31.2 Å². The summed E-state index contributed by atoms with van der Waals surface area (Å²) in [6.07, 6.45) is 3.48. The Morgan fingerprint density at radius 2 is 1.89 bits per heavy atom. The van der Waals surface area contributed by atoms with Gasteiger partial charge in [-0.15, -0.1) is 12.4 Å². The van der Waals surface area contributed by atoms with Gasteiger partial charge in [-0.25, -0.2) is 0 Å². The highest BCUT2D eigenvalue weighted by molar-refractivity contribution is 6.31. The van der Waals surface area contributed by atoms with Crippen LogP contribution in [-0.2, 0) is 0 Å². The second-order valence-electron chi connectivity index (χ2n) is 7.28. The molecule has 1 aromatic carbocycles. The van der Waals surface area contributed by atoms with Gasteiger partial charge in [0.05, 0.1) is 23.1 Å². The lowest BCUT2D eigenvalue weighted by Crippen LogP contribution is -2.43. The molecule has 3 rings (SSSR count). The predicted molar refractivity (Wildman–Crippen MR) is 113 cm³/mol. The van der Waals surface area contributed by atoms with Gasteiger partial charge in [0.15, 0.2) is 0 Å². The Hall–Kier alpha value is -2.02. The molecule has 3 N–H and O–H groups in total. The first kappa shape index (κ1) is 22.3. The number of halogens is 2. The topological polar surface area (TPSA) is 83.4 Å². The standard InChI is InChI=1S/C20H24ClN3O3.ClH/c1-13-15(5-10-27-13)19(26)24-17-11-14(21)3-4-16(17)18(25)23-12-20(2)6-8-22-9-7-20;/h3-5,10-11,22H,6-9,12H2,1-2H3,(H,23,25)(H,24,26);1H. The van der Waals surface area contributed by atoms with Crippen molar-refractivity contribution >= 4 is 41.5 Å². The number of carbonyl (C=O) groups is 2. The number of amides is 2. The van der Waals surface area contributed by atoms with Gasteiger partial charge in [0, 0.05) is 11.6 Å². The molecule has 1 aliphatic rings. The lowest BCUT2D eigenvalue weighted by Gasteiger charge is -2.34. The second-order valence-corrected chi connectivity index (χ2v) is 7.71. The van der Waals surface area contributed by atoms with Crippen LogP contribution >= 0.6 is 24.0 Å². The monoisotopic (exact) mass is 425 g/mol. The van der Waals surface area contributed by atoms with Crippen LogP contribution in [0.5, 0.6) is 0 Å². The molecule has 0 radical (unpaired) electrons. The van der Waals surface area contributed by atoms with Gasteiger partial charge >= 0.3 is 0 Å². The summed E-state index contributed by atoms with van der Waals surface area (Å²) in [4.78, 5) is 25.2. The van der Waals surface area contributed by atoms with Crippen molar-refractivity contribution in [3.8, 4) is 0 Å². The Morgan fingerprint density at radius 1 is 1.18 bits per heavy atom. The molecule has 6 nitrogen and oxygen atoms in total. The van der Waals surface area contributed by atoms with E-state index >= 15 is 0 Å². The Morgan fingerprint density at radius 3 is 2.54 bits per heavy atom. The first-order chi connectivity index (χ1) is 12.9. The van der Waals surface area contributed by atoms with E-state index in [0.717, 1.165) is 25.9 Å². The third-order valence-electron chi connectivity index (χ3n) is 5.06. The minimum atomic E-state index is -0.345.